The first-order valence-corrected chi connectivity index (χ1v) is 7.71. The van der Waals surface area contributed by atoms with Crippen molar-refractivity contribution in [3.8, 4) is 5.75 Å². The van der Waals surface area contributed by atoms with Gasteiger partial charge < -0.3 is 5.11 Å². The van der Waals surface area contributed by atoms with E-state index < -0.39 is 0 Å². The second-order valence-electron chi connectivity index (χ2n) is 6.05. The van der Waals surface area contributed by atoms with Gasteiger partial charge in [0.05, 0.1) is 0 Å². The van der Waals surface area contributed by atoms with E-state index in [9.17, 15) is 8.78 Å². The maximum absolute atomic E-state index is 13.6. The van der Waals surface area contributed by atoms with E-state index in [1.807, 2.05) is 13.0 Å². The highest BCUT2D eigenvalue weighted by molar-refractivity contribution is 5.28. The summed E-state index contributed by atoms with van der Waals surface area (Å²) in [5.74, 6) is -0.457. The third-order valence-electron chi connectivity index (χ3n) is 4.28. The van der Waals surface area contributed by atoms with Gasteiger partial charge in [-0.3, -0.25) is 0 Å². The second-order valence-corrected chi connectivity index (χ2v) is 6.05. The van der Waals surface area contributed by atoms with Crippen LogP contribution in [0.25, 0.3) is 0 Å². The second kappa shape index (κ2) is 7.39. The van der Waals surface area contributed by atoms with E-state index in [0.29, 0.717) is 11.3 Å². The van der Waals surface area contributed by atoms with Gasteiger partial charge in [0.15, 0.2) is 0 Å². The molecule has 0 aliphatic heterocycles. The van der Waals surface area contributed by atoms with Gasteiger partial charge >= 0.3 is 0 Å². The smallest absolute Gasteiger partial charge is 0.129 e. The molecular weight excluding hydrogens is 282 g/mol. The molecule has 2 aromatic rings. The summed E-state index contributed by atoms with van der Waals surface area (Å²) in [6.45, 7) is 1.98. The Morgan fingerprint density at radius 1 is 0.818 bits per heavy atom. The molecule has 0 atom stereocenters. The van der Waals surface area contributed by atoms with E-state index >= 15 is 0 Å². The Hall–Kier alpha value is -1.90. The highest BCUT2D eigenvalue weighted by Crippen LogP contribution is 2.41. The standard InChI is InChI=1S/C13H16F2.C6H6O/c1-13(8-3-2-4-9-13)12-10(14)6-5-7-11(12)15;7-6-4-2-1-3-5-6/h5-7H,2-4,8-9H2,1H3;1-5,7H. The average molecular weight is 304 g/mol. The SMILES string of the molecule is CC1(c2c(F)cccc2F)CCCCC1.Oc1ccccc1. The van der Waals surface area contributed by atoms with Gasteiger partial charge in [-0.15, -0.1) is 0 Å². The van der Waals surface area contributed by atoms with Crippen molar-refractivity contribution in [1.82, 2.24) is 0 Å². The van der Waals surface area contributed by atoms with Gasteiger partial charge in [-0.05, 0) is 42.5 Å². The first-order chi connectivity index (χ1) is 10.5. The number of benzene rings is 2. The van der Waals surface area contributed by atoms with Gasteiger partial charge in [0.2, 0.25) is 0 Å². The maximum atomic E-state index is 13.6. The lowest BCUT2D eigenvalue weighted by Crippen LogP contribution is -2.27. The topological polar surface area (TPSA) is 20.2 Å². The van der Waals surface area contributed by atoms with E-state index in [4.69, 9.17) is 5.11 Å². The minimum Gasteiger partial charge on any atom is -0.508 e. The number of halogens is 2. The highest BCUT2D eigenvalue weighted by Gasteiger charge is 2.33. The molecule has 1 aliphatic carbocycles. The van der Waals surface area contributed by atoms with Gasteiger partial charge in [0.1, 0.15) is 17.4 Å². The van der Waals surface area contributed by atoms with Crippen LogP contribution in [0, 0.1) is 11.6 Å². The lowest BCUT2D eigenvalue weighted by atomic mass is 9.70. The fourth-order valence-corrected chi connectivity index (χ4v) is 3.08. The molecule has 118 valence electrons. The molecule has 0 bridgehead atoms. The minimum absolute atomic E-state index is 0.296. The summed E-state index contributed by atoms with van der Waals surface area (Å²) in [6, 6.07) is 12.9. The Labute approximate surface area is 130 Å². The molecule has 0 heterocycles. The maximum Gasteiger partial charge on any atom is 0.129 e. The molecule has 0 spiro atoms. The third kappa shape index (κ3) is 4.06. The van der Waals surface area contributed by atoms with Gasteiger partial charge in [-0.1, -0.05) is 50.5 Å². The van der Waals surface area contributed by atoms with Crippen molar-refractivity contribution >= 4 is 0 Å². The molecule has 2 aromatic carbocycles. The predicted molar refractivity (Wildman–Crippen MR) is 84.9 cm³/mol. The van der Waals surface area contributed by atoms with Crippen LogP contribution in [0.5, 0.6) is 5.75 Å². The minimum atomic E-state index is -0.389. The zero-order chi connectivity index (χ0) is 16.0. The molecule has 1 saturated carbocycles. The van der Waals surface area contributed by atoms with Crippen molar-refractivity contribution in [3.63, 3.8) is 0 Å². The quantitative estimate of drug-likeness (QED) is 0.729. The van der Waals surface area contributed by atoms with Gasteiger partial charge in [0.25, 0.3) is 0 Å². The predicted octanol–water partition coefficient (Wildman–Crippen LogP) is 5.58. The number of para-hydroxylation sites is 1. The number of hydrogen-bond acceptors (Lipinski definition) is 1. The molecule has 22 heavy (non-hydrogen) atoms. The summed E-state index contributed by atoms with van der Waals surface area (Å²) in [5.41, 5.74) is -0.00192. The van der Waals surface area contributed by atoms with Gasteiger partial charge in [-0.25, -0.2) is 8.78 Å². The van der Waals surface area contributed by atoms with Crippen molar-refractivity contribution in [1.29, 1.82) is 0 Å². The van der Waals surface area contributed by atoms with Crippen molar-refractivity contribution in [3.05, 3.63) is 65.7 Å². The van der Waals surface area contributed by atoms with Crippen LogP contribution in [0.2, 0.25) is 0 Å². The summed E-state index contributed by atoms with van der Waals surface area (Å²) in [6.07, 6.45) is 5.12. The Kier molecular flexibility index (Phi) is 5.53. The number of hydrogen-bond donors (Lipinski definition) is 1. The van der Waals surface area contributed by atoms with Crippen molar-refractivity contribution in [2.24, 2.45) is 0 Å². The highest BCUT2D eigenvalue weighted by atomic mass is 19.1. The molecule has 0 saturated heterocycles. The van der Waals surface area contributed by atoms with Crippen LogP contribution in [0.15, 0.2) is 48.5 Å². The zero-order valence-corrected chi connectivity index (χ0v) is 12.9. The number of rotatable bonds is 1. The monoisotopic (exact) mass is 304 g/mol. The molecule has 3 heteroatoms. The fourth-order valence-electron chi connectivity index (χ4n) is 3.08. The van der Waals surface area contributed by atoms with Crippen molar-refractivity contribution in [2.45, 2.75) is 44.4 Å². The molecule has 0 radical (unpaired) electrons. The molecule has 1 nitrogen and oxygen atoms in total. The lowest BCUT2D eigenvalue weighted by molar-refractivity contribution is 0.298. The summed E-state index contributed by atoms with van der Waals surface area (Å²) >= 11 is 0. The summed E-state index contributed by atoms with van der Waals surface area (Å²) in [5, 5.41) is 8.63. The molecule has 3 rings (SSSR count). The Balaban J connectivity index is 0.000000211. The molecule has 0 aromatic heterocycles. The van der Waals surface area contributed by atoms with Crippen LogP contribution >= 0.6 is 0 Å². The summed E-state index contributed by atoms with van der Waals surface area (Å²) in [7, 11) is 0. The van der Waals surface area contributed by atoms with Crippen molar-refractivity contribution in [2.75, 3.05) is 0 Å². The zero-order valence-electron chi connectivity index (χ0n) is 12.9. The van der Waals surface area contributed by atoms with Crippen molar-refractivity contribution < 1.29 is 13.9 Å². The number of phenolic OH excluding ortho intramolecular Hbond substituents is 1. The molecule has 1 aliphatic rings. The number of phenols is 1. The largest absolute Gasteiger partial charge is 0.508 e. The van der Waals surface area contributed by atoms with Crippen LogP contribution < -0.4 is 0 Å². The average Bonchev–Trinajstić information content (AvgIpc) is 2.49. The molecule has 1 N–H and O–H groups in total. The Morgan fingerprint density at radius 2 is 1.36 bits per heavy atom. The van der Waals surface area contributed by atoms with E-state index in [-0.39, 0.29) is 17.0 Å². The summed E-state index contributed by atoms with van der Waals surface area (Å²) in [4.78, 5) is 0. The normalized spacial score (nSPS) is 16.5. The first-order valence-electron chi connectivity index (χ1n) is 7.71. The van der Waals surface area contributed by atoms with E-state index in [2.05, 4.69) is 0 Å². The van der Waals surface area contributed by atoms with Crippen LogP contribution in [-0.4, -0.2) is 5.11 Å². The van der Waals surface area contributed by atoms with Crippen LogP contribution in [-0.2, 0) is 5.41 Å². The Morgan fingerprint density at radius 3 is 1.82 bits per heavy atom. The van der Waals surface area contributed by atoms with E-state index in [0.717, 1.165) is 25.7 Å². The third-order valence-corrected chi connectivity index (χ3v) is 4.28. The van der Waals surface area contributed by atoms with Crippen LogP contribution in [0.4, 0.5) is 8.78 Å². The van der Waals surface area contributed by atoms with Crippen LogP contribution in [0.3, 0.4) is 0 Å². The summed E-state index contributed by atoms with van der Waals surface area (Å²) < 4.78 is 27.3. The van der Waals surface area contributed by atoms with E-state index in [1.165, 1.54) is 24.6 Å². The molecule has 1 fully saturated rings. The fraction of sp³-hybridized carbons (Fsp3) is 0.368. The van der Waals surface area contributed by atoms with Crippen LogP contribution in [0.1, 0.15) is 44.6 Å². The van der Waals surface area contributed by atoms with Gasteiger partial charge in [-0.2, -0.15) is 0 Å². The number of aromatic hydroxyl groups is 1. The lowest BCUT2D eigenvalue weighted by Gasteiger charge is -2.34. The van der Waals surface area contributed by atoms with E-state index in [1.54, 1.807) is 24.3 Å². The Bertz CT molecular complexity index is 569. The molecular formula is C19H22F2O. The molecule has 0 amide bonds. The first kappa shape index (κ1) is 16.5. The molecule has 0 unspecified atom stereocenters. The van der Waals surface area contributed by atoms with Gasteiger partial charge in [0, 0.05) is 5.56 Å².